The number of aliphatic carboxylic acids is 1. The molecule has 2 amide bonds. The molecule has 0 unspecified atom stereocenters. The van der Waals surface area contributed by atoms with Crippen molar-refractivity contribution in [3.8, 4) is 0 Å². The Hall–Kier alpha value is -2.09. The van der Waals surface area contributed by atoms with Crippen molar-refractivity contribution in [3.05, 3.63) is 18.2 Å². The number of carboxylic acids is 1. The highest BCUT2D eigenvalue weighted by Gasteiger charge is 2.38. The van der Waals surface area contributed by atoms with Crippen molar-refractivity contribution < 1.29 is 19.8 Å². The Kier molecular flexibility index (Phi) is 4.23. The maximum absolute atomic E-state index is 11.9. The van der Waals surface area contributed by atoms with Gasteiger partial charge in [-0.1, -0.05) is 0 Å². The van der Waals surface area contributed by atoms with Gasteiger partial charge >= 0.3 is 12.0 Å². The second-order valence-electron chi connectivity index (χ2n) is 4.83. The number of likely N-dealkylation sites (tertiary alicyclic amines) is 1. The molecular weight excluding hydrogens is 264 g/mol. The second kappa shape index (κ2) is 5.91. The molecule has 2 heterocycles. The molecule has 1 aromatic rings. The predicted octanol–water partition coefficient (Wildman–Crippen LogP) is -0.808. The normalized spacial score (nSPS) is 22.0. The quantitative estimate of drug-likeness (QED) is 0.669. The van der Waals surface area contributed by atoms with Crippen LogP contribution in [0.1, 0.15) is 12.2 Å². The monoisotopic (exact) mass is 282 g/mol. The lowest BCUT2D eigenvalue weighted by molar-refractivity contribution is -0.141. The Morgan fingerprint density at radius 1 is 1.55 bits per heavy atom. The van der Waals surface area contributed by atoms with E-state index in [1.807, 2.05) is 17.8 Å². The summed E-state index contributed by atoms with van der Waals surface area (Å²) in [7, 11) is 1.86. The van der Waals surface area contributed by atoms with Crippen molar-refractivity contribution in [1.82, 2.24) is 19.8 Å². The lowest BCUT2D eigenvalue weighted by Gasteiger charge is -2.21. The Balaban J connectivity index is 1.85. The van der Waals surface area contributed by atoms with Gasteiger partial charge in [0.25, 0.3) is 0 Å². The summed E-state index contributed by atoms with van der Waals surface area (Å²) in [5.41, 5.74) is 0. The number of aryl methyl sites for hydroxylation is 1. The molecular formula is C12H18N4O4. The average Bonchev–Trinajstić information content (AvgIpc) is 2.96. The van der Waals surface area contributed by atoms with Gasteiger partial charge in [-0.3, -0.25) is 0 Å². The molecule has 110 valence electrons. The fourth-order valence-electron chi connectivity index (χ4n) is 2.29. The molecule has 2 atom stereocenters. The highest BCUT2D eigenvalue weighted by molar-refractivity contribution is 5.83. The third-order valence-corrected chi connectivity index (χ3v) is 3.37. The molecule has 0 spiro atoms. The maximum atomic E-state index is 11.9. The van der Waals surface area contributed by atoms with E-state index >= 15 is 0 Å². The number of nitrogens with one attached hydrogen (secondary N) is 1. The van der Waals surface area contributed by atoms with Gasteiger partial charge in [0.2, 0.25) is 0 Å². The molecule has 1 aliphatic rings. The molecule has 1 saturated heterocycles. The Morgan fingerprint density at radius 2 is 2.30 bits per heavy atom. The minimum absolute atomic E-state index is 0.0468. The predicted molar refractivity (Wildman–Crippen MR) is 69.1 cm³/mol. The van der Waals surface area contributed by atoms with Gasteiger partial charge in [0, 0.05) is 45.4 Å². The molecule has 1 aliphatic heterocycles. The van der Waals surface area contributed by atoms with E-state index in [1.165, 1.54) is 0 Å². The summed E-state index contributed by atoms with van der Waals surface area (Å²) in [5, 5.41) is 21.2. The fraction of sp³-hybridized carbons (Fsp3) is 0.583. The van der Waals surface area contributed by atoms with Gasteiger partial charge in [-0.05, 0) is 0 Å². The number of amides is 2. The summed E-state index contributed by atoms with van der Waals surface area (Å²) >= 11 is 0. The molecule has 0 bridgehead atoms. The number of carboxylic acid groups (broad SMARTS) is 1. The van der Waals surface area contributed by atoms with Gasteiger partial charge in [-0.2, -0.15) is 0 Å². The van der Waals surface area contributed by atoms with E-state index < -0.39 is 24.1 Å². The van der Waals surface area contributed by atoms with Crippen LogP contribution in [0.4, 0.5) is 4.79 Å². The SMILES string of the molecule is Cn1ccnc1CCNC(=O)N1C[C@H](O)C[C@@H]1C(=O)O. The van der Waals surface area contributed by atoms with Gasteiger partial charge < -0.3 is 25.0 Å². The molecule has 8 heteroatoms. The average molecular weight is 282 g/mol. The summed E-state index contributed by atoms with van der Waals surface area (Å²) in [5.74, 6) is -0.262. The standard InChI is InChI=1S/C12H18N4O4/c1-15-5-4-13-10(15)2-3-14-12(20)16-7-8(17)6-9(16)11(18)19/h4-5,8-9,17H,2-3,6-7H2,1H3,(H,14,20)(H,18,19)/t8-,9-/m1/s1. The molecule has 1 aromatic heterocycles. The third kappa shape index (κ3) is 3.08. The van der Waals surface area contributed by atoms with Crippen LogP contribution < -0.4 is 5.32 Å². The first kappa shape index (κ1) is 14.3. The third-order valence-electron chi connectivity index (χ3n) is 3.37. The number of urea groups is 1. The molecule has 3 N–H and O–H groups in total. The molecule has 1 fully saturated rings. The number of aliphatic hydroxyl groups excluding tert-OH is 1. The first-order valence-electron chi connectivity index (χ1n) is 6.40. The van der Waals surface area contributed by atoms with Gasteiger partial charge in [0.1, 0.15) is 11.9 Å². The summed E-state index contributed by atoms with van der Waals surface area (Å²) in [6.07, 6.45) is 3.34. The Labute approximate surface area is 116 Å². The maximum Gasteiger partial charge on any atom is 0.326 e. The lowest BCUT2D eigenvalue weighted by Crippen LogP contribution is -2.46. The van der Waals surface area contributed by atoms with E-state index in [0.29, 0.717) is 13.0 Å². The van der Waals surface area contributed by atoms with Crippen molar-refractivity contribution in [3.63, 3.8) is 0 Å². The first-order valence-corrected chi connectivity index (χ1v) is 6.40. The van der Waals surface area contributed by atoms with Crippen molar-refractivity contribution in [1.29, 1.82) is 0 Å². The van der Waals surface area contributed by atoms with Crippen molar-refractivity contribution in [2.75, 3.05) is 13.1 Å². The number of hydrogen-bond donors (Lipinski definition) is 3. The van der Waals surface area contributed by atoms with Crippen molar-refractivity contribution in [2.45, 2.75) is 25.0 Å². The van der Waals surface area contributed by atoms with E-state index in [2.05, 4.69) is 10.3 Å². The van der Waals surface area contributed by atoms with Crippen molar-refractivity contribution >= 4 is 12.0 Å². The summed E-state index contributed by atoms with van der Waals surface area (Å²) < 4.78 is 1.85. The minimum atomic E-state index is -1.10. The lowest BCUT2D eigenvalue weighted by atomic mass is 10.2. The Bertz CT molecular complexity index is 501. The number of rotatable bonds is 4. The number of aliphatic hydroxyl groups is 1. The molecule has 8 nitrogen and oxygen atoms in total. The van der Waals surface area contributed by atoms with Crippen LogP contribution in [0.25, 0.3) is 0 Å². The van der Waals surface area contributed by atoms with Gasteiger partial charge in [-0.25, -0.2) is 14.6 Å². The smallest absolute Gasteiger partial charge is 0.326 e. The van der Waals surface area contributed by atoms with Crippen LogP contribution >= 0.6 is 0 Å². The van der Waals surface area contributed by atoms with Crippen LogP contribution in [0.2, 0.25) is 0 Å². The number of carbonyl (C=O) groups excluding carboxylic acids is 1. The van der Waals surface area contributed by atoms with E-state index in [-0.39, 0.29) is 13.0 Å². The number of imidazole rings is 1. The van der Waals surface area contributed by atoms with Crippen molar-refractivity contribution in [2.24, 2.45) is 7.05 Å². The van der Waals surface area contributed by atoms with Crippen LogP contribution in [0, 0.1) is 0 Å². The molecule has 0 radical (unpaired) electrons. The fourth-order valence-corrected chi connectivity index (χ4v) is 2.29. The number of hydrogen-bond acceptors (Lipinski definition) is 4. The van der Waals surface area contributed by atoms with E-state index in [4.69, 9.17) is 5.11 Å². The minimum Gasteiger partial charge on any atom is -0.480 e. The van der Waals surface area contributed by atoms with E-state index in [1.54, 1.807) is 6.20 Å². The number of carbonyl (C=O) groups is 2. The zero-order valence-electron chi connectivity index (χ0n) is 11.2. The van der Waals surface area contributed by atoms with Gasteiger partial charge in [0.15, 0.2) is 0 Å². The molecule has 0 aromatic carbocycles. The molecule has 2 rings (SSSR count). The second-order valence-corrected chi connectivity index (χ2v) is 4.83. The number of aromatic nitrogens is 2. The zero-order chi connectivity index (χ0) is 14.7. The molecule has 20 heavy (non-hydrogen) atoms. The van der Waals surface area contributed by atoms with E-state index in [0.717, 1.165) is 10.7 Å². The van der Waals surface area contributed by atoms with E-state index in [9.17, 15) is 14.7 Å². The van der Waals surface area contributed by atoms with Gasteiger partial charge in [0.05, 0.1) is 6.10 Å². The molecule has 0 saturated carbocycles. The molecule has 0 aliphatic carbocycles. The highest BCUT2D eigenvalue weighted by Crippen LogP contribution is 2.17. The first-order chi connectivity index (χ1) is 9.49. The number of nitrogens with zero attached hydrogens (tertiary/aromatic N) is 3. The zero-order valence-corrected chi connectivity index (χ0v) is 11.2. The van der Waals surface area contributed by atoms with Crippen LogP contribution in [0.3, 0.4) is 0 Å². The largest absolute Gasteiger partial charge is 0.480 e. The topological polar surface area (TPSA) is 108 Å². The summed E-state index contributed by atoms with van der Waals surface area (Å²) in [6.45, 7) is 0.411. The van der Waals surface area contributed by atoms with Gasteiger partial charge in [-0.15, -0.1) is 0 Å². The summed E-state index contributed by atoms with van der Waals surface area (Å²) in [6, 6.07) is -1.43. The Morgan fingerprint density at radius 3 is 2.90 bits per heavy atom. The van der Waals surface area contributed by atoms with Crippen LogP contribution in [-0.4, -0.2) is 61.9 Å². The van der Waals surface area contributed by atoms with Crippen LogP contribution in [-0.2, 0) is 18.3 Å². The highest BCUT2D eigenvalue weighted by atomic mass is 16.4. The number of β-amino-alcohol motifs (C(OH)–C–C–N with tert-alkyl or cyclic N) is 1. The van der Waals surface area contributed by atoms with Crippen LogP contribution in [0.15, 0.2) is 12.4 Å². The summed E-state index contributed by atoms with van der Waals surface area (Å²) in [4.78, 5) is 28.2. The van der Waals surface area contributed by atoms with Crippen LogP contribution in [0.5, 0.6) is 0 Å².